The molecule has 10 heteroatoms. The summed E-state index contributed by atoms with van der Waals surface area (Å²) in [6.07, 6.45) is 1.24. The summed E-state index contributed by atoms with van der Waals surface area (Å²) in [7, 11) is 0. The predicted octanol–water partition coefficient (Wildman–Crippen LogP) is 1.86. The fourth-order valence-electron chi connectivity index (χ4n) is 1.99. The highest BCUT2D eigenvalue weighted by molar-refractivity contribution is 6.39. The standard InChI is InChI=1S/C18H16N4O6/c1-2-28-18(25)13-5-7-14(8-6-13)20-16(23)17(24)21-19-11-12-3-9-15(10-4-12)22(26)27/h3-11H,2H2,1H3,(H,20,23)(H,21,24)/b19-11-. The Kier molecular flexibility index (Phi) is 6.92. The Morgan fingerprint density at radius 2 is 1.71 bits per heavy atom. The molecule has 0 atom stereocenters. The number of carbonyl (C=O) groups excluding carboxylic acids is 3. The molecule has 28 heavy (non-hydrogen) atoms. The van der Waals surface area contributed by atoms with Crippen LogP contribution < -0.4 is 10.7 Å². The molecule has 0 aliphatic heterocycles. The molecule has 0 heterocycles. The van der Waals surface area contributed by atoms with Gasteiger partial charge < -0.3 is 10.1 Å². The van der Waals surface area contributed by atoms with Crippen molar-refractivity contribution >= 4 is 35.4 Å². The van der Waals surface area contributed by atoms with Crippen LogP contribution >= 0.6 is 0 Å². The molecular weight excluding hydrogens is 368 g/mol. The number of amides is 2. The molecule has 0 saturated carbocycles. The Labute approximate surface area is 159 Å². The molecule has 10 nitrogen and oxygen atoms in total. The Hall–Kier alpha value is -4.08. The molecule has 2 aromatic rings. The average molecular weight is 384 g/mol. The lowest BCUT2D eigenvalue weighted by atomic mass is 10.2. The molecule has 0 bridgehead atoms. The van der Waals surface area contributed by atoms with Gasteiger partial charge in [-0.2, -0.15) is 5.10 Å². The van der Waals surface area contributed by atoms with Crippen molar-refractivity contribution < 1.29 is 24.0 Å². The number of rotatable bonds is 6. The maximum Gasteiger partial charge on any atom is 0.338 e. The molecule has 0 spiro atoms. The first kappa shape index (κ1) is 20.2. The van der Waals surface area contributed by atoms with Crippen LogP contribution in [0.25, 0.3) is 0 Å². The van der Waals surface area contributed by atoms with Crippen molar-refractivity contribution in [2.24, 2.45) is 5.10 Å². The maximum absolute atomic E-state index is 11.8. The third-order valence-corrected chi connectivity index (χ3v) is 3.34. The van der Waals surface area contributed by atoms with Crippen molar-refractivity contribution in [3.63, 3.8) is 0 Å². The van der Waals surface area contributed by atoms with Gasteiger partial charge in [0.1, 0.15) is 0 Å². The van der Waals surface area contributed by atoms with Crippen LogP contribution in [0, 0.1) is 10.1 Å². The van der Waals surface area contributed by atoms with E-state index < -0.39 is 22.7 Å². The van der Waals surface area contributed by atoms with Gasteiger partial charge in [-0.05, 0) is 48.9 Å². The van der Waals surface area contributed by atoms with Crippen LogP contribution in [0.5, 0.6) is 0 Å². The number of esters is 1. The molecule has 2 aromatic carbocycles. The van der Waals surface area contributed by atoms with Gasteiger partial charge in [-0.3, -0.25) is 19.7 Å². The van der Waals surface area contributed by atoms with Crippen LogP contribution in [0.2, 0.25) is 0 Å². The van der Waals surface area contributed by atoms with Crippen LogP contribution in [0.15, 0.2) is 53.6 Å². The van der Waals surface area contributed by atoms with Crippen LogP contribution in [0.4, 0.5) is 11.4 Å². The lowest BCUT2D eigenvalue weighted by molar-refractivity contribution is -0.384. The number of hydrogen-bond acceptors (Lipinski definition) is 7. The Morgan fingerprint density at radius 3 is 2.29 bits per heavy atom. The van der Waals surface area contributed by atoms with E-state index in [1.54, 1.807) is 6.92 Å². The number of ether oxygens (including phenoxy) is 1. The van der Waals surface area contributed by atoms with Gasteiger partial charge in [0.05, 0.1) is 23.3 Å². The summed E-state index contributed by atoms with van der Waals surface area (Å²) < 4.78 is 4.85. The molecule has 144 valence electrons. The molecule has 0 unspecified atom stereocenters. The molecule has 0 aromatic heterocycles. The minimum Gasteiger partial charge on any atom is -0.462 e. The largest absolute Gasteiger partial charge is 0.462 e. The third kappa shape index (κ3) is 5.73. The molecule has 0 aliphatic rings. The molecule has 2 amide bonds. The van der Waals surface area contributed by atoms with Gasteiger partial charge in [0, 0.05) is 17.8 Å². The van der Waals surface area contributed by atoms with Crippen molar-refractivity contribution in [1.82, 2.24) is 5.43 Å². The summed E-state index contributed by atoms with van der Waals surface area (Å²) in [4.78, 5) is 45.2. The van der Waals surface area contributed by atoms with Gasteiger partial charge in [-0.25, -0.2) is 10.2 Å². The minimum atomic E-state index is -1.01. The summed E-state index contributed by atoms with van der Waals surface area (Å²) >= 11 is 0. The highest BCUT2D eigenvalue weighted by Crippen LogP contribution is 2.11. The number of benzene rings is 2. The smallest absolute Gasteiger partial charge is 0.338 e. The Bertz CT molecular complexity index is 907. The fourth-order valence-corrected chi connectivity index (χ4v) is 1.99. The number of nitro groups is 1. The van der Waals surface area contributed by atoms with Crippen molar-refractivity contribution in [3.05, 3.63) is 69.8 Å². The second kappa shape index (κ2) is 9.57. The highest BCUT2D eigenvalue weighted by atomic mass is 16.6. The molecule has 0 radical (unpaired) electrons. The number of nitrogens with zero attached hydrogens (tertiary/aromatic N) is 2. The van der Waals surface area contributed by atoms with Crippen molar-refractivity contribution in [1.29, 1.82) is 0 Å². The number of non-ortho nitro benzene ring substituents is 1. The molecular formula is C18H16N4O6. The topological polar surface area (TPSA) is 140 Å². The number of hydrogen-bond donors (Lipinski definition) is 2. The predicted molar refractivity (Wildman–Crippen MR) is 99.9 cm³/mol. The van der Waals surface area contributed by atoms with E-state index in [-0.39, 0.29) is 12.3 Å². The van der Waals surface area contributed by atoms with E-state index in [0.717, 1.165) is 0 Å². The lowest BCUT2D eigenvalue weighted by Crippen LogP contribution is -2.32. The minimum absolute atomic E-state index is 0.0745. The van der Waals surface area contributed by atoms with Crippen molar-refractivity contribution in [2.75, 3.05) is 11.9 Å². The van der Waals surface area contributed by atoms with Gasteiger partial charge >= 0.3 is 17.8 Å². The van der Waals surface area contributed by atoms with Gasteiger partial charge in [0.2, 0.25) is 0 Å². The third-order valence-electron chi connectivity index (χ3n) is 3.34. The van der Waals surface area contributed by atoms with E-state index in [1.807, 2.05) is 5.43 Å². The lowest BCUT2D eigenvalue weighted by Gasteiger charge is -2.05. The van der Waals surface area contributed by atoms with Gasteiger partial charge in [0.25, 0.3) is 5.69 Å². The molecule has 0 saturated heterocycles. The van der Waals surface area contributed by atoms with E-state index in [0.29, 0.717) is 16.8 Å². The summed E-state index contributed by atoms with van der Waals surface area (Å²) in [5, 5.41) is 16.5. The quantitative estimate of drug-likeness (QED) is 0.256. The summed E-state index contributed by atoms with van der Waals surface area (Å²) in [5.74, 6) is -2.45. The van der Waals surface area contributed by atoms with E-state index >= 15 is 0 Å². The van der Waals surface area contributed by atoms with Crippen LogP contribution in [-0.4, -0.2) is 35.5 Å². The number of nitrogens with one attached hydrogen (secondary N) is 2. The van der Waals surface area contributed by atoms with Crippen molar-refractivity contribution in [2.45, 2.75) is 6.92 Å². The zero-order valence-corrected chi connectivity index (χ0v) is 14.7. The van der Waals surface area contributed by atoms with E-state index in [9.17, 15) is 24.5 Å². The first-order valence-corrected chi connectivity index (χ1v) is 8.06. The molecule has 2 N–H and O–H groups in total. The highest BCUT2D eigenvalue weighted by Gasteiger charge is 2.13. The Morgan fingerprint density at radius 1 is 1.07 bits per heavy atom. The van der Waals surface area contributed by atoms with E-state index in [1.165, 1.54) is 54.7 Å². The average Bonchev–Trinajstić information content (AvgIpc) is 2.69. The second-order valence-electron chi connectivity index (χ2n) is 5.30. The van der Waals surface area contributed by atoms with Gasteiger partial charge in [-0.1, -0.05) is 0 Å². The van der Waals surface area contributed by atoms with E-state index in [2.05, 4.69) is 10.4 Å². The summed E-state index contributed by atoms with van der Waals surface area (Å²) in [6, 6.07) is 11.3. The van der Waals surface area contributed by atoms with Crippen LogP contribution in [0.3, 0.4) is 0 Å². The number of anilines is 1. The Balaban J connectivity index is 1.87. The van der Waals surface area contributed by atoms with Gasteiger partial charge in [0.15, 0.2) is 0 Å². The molecule has 0 aliphatic carbocycles. The monoisotopic (exact) mass is 384 g/mol. The van der Waals surface area contributed by atoms with Crippen LogP contribution in [-0.2, 0) is 14.3 Å². The number of carbonyl (C=O) groups is 3. The second-order valence-corrected chi connectivity index (χ2v) is 5.30. The fraction of sp³-hybridized carbons (Fsp3) is 0.111. The number of hydrazone groups is 1. The SMILES string of the molecule is CCOC(=O)c1ccc(NC(=O)C(=O)N/N=C\c2ccc([N+](=O)[O-])cc2)cc1. The van der Waals surface area contributed by atoms with E-state index in [4.69, 9.17) is 4.74 Å². The zero-order chi connectivity index (χ0) is 20.5. The summed E-state index contributed by atoms with van der Waals surface area (Å²) in [6.45, 7) is 1.94. The number of nitro benzene ring substituents is 1. The first-order chi connectivity index (χ1) is 13.4. The summed E-state index contributed by atoms with van der Waals surface area (Å²) in [5.41, 5.74) is 3.10. The molecule has 0 fully saturated rings. The van der Waals surface area contributed by atoms with Gasteiger partial charge in [-0.15, -0.1) is 0 Å². The van der Waals surface area contributed by atoms with Crippen LogP contribution in [0.1, 0.15) is 22.8 Å². The first-order valence-electron chi connectivity index (χ1n) is 8.06. The molecule has 2 rings (SSSR count). The van der Waals surface area contributed by atoms with Crippen molar-refractivity contribution in [3.8, 4) is 0 Å². The normalized spacial score (nSPS) is 10.3. The zero-order valence-electron chi connectivity index (χ0n) is 14.7. The maximum atomic E-state index is 11.8.